The number of nitrogens with zero attached hydrogens (tertiary/aromatic N) is 2. The van der Waals surface area contributed by atoms with Crippen LogP contribution in [0, 0.1) is 5.92 Å². The van der Waals surface area contributed by atoms with E-state index < -0.39 is 0 Å². The van der Waals surface area contributed by atoms with Gasteiger partial charge in [0.25, 0.3) is 0 Å². The highest BCUT2D eigenvalue weighted by Crippen LogP contribution is 2.08. The van der Waals surface area contributed by atoms with E-state index in [0.29, 0.717) is 18.5 Å². The Kier molecular flexibility index (Phi) is 6.65. The van der Waals surface area contributed by atoms with E-state index in [9.17, 15) is 0 Å². The van der Waals surface area contributed by atoms with Gasteiger partial charge in [-0.05, 0) is 18.8 Å². The maximum absolute atomic E-state index is 5.60. The summed E-state index contributed by atoms with van der Waals surface area (Å²) in [5.74, 6) is 1.35. The molecular formula is C14H25N3O. The molecule has 1 aromatic heterocycles. The zero-order valence-corrected chi connectivity index (χ0v) is 11.9. The average molecular weight is 251 g/mol. The molecule has 0 saturated carbocycles. The number of hydrogen-bond donors (Lipinski definition) is 1. The van der Waals surface area contributed by atoms with Crippen LogP contribution in [-0.2, 0) is 6.54 Å². The highest BCUT2D eigenvalue weighted by atomic mass is 16.5. The lowest BCUT2D eigenvalue weighted by molar-refractivity contribution is 0.285. The van der Waals surface area contributed by atoms with Gasteiger partial charge < -0.3 is 10.1 Å². The maximum atomic E-state index is 5.60. The average Bonchev–Trinajstić information content (AvgIpc) is 2.32. The van der Waals surface area contributed by atoms with Crippen LogP contribution >= 0.6 is 0 Å². The summed E-state index contributed by atoms with van der Waals surface area (Å²) in [4.78, 5) is 8.56. The predicted octanol–water partition coefficient (Wildman–Crippen LogP) is 2.79. The van der Waals surface area contributed by atoms with Crippen LogP contribution in [0.5, 0.6) is 5.88 Å². The summed E-state index contributed by atoms with van der Waals surface area (Å²) in [6.45, 7) is 10.1. The molecular weight excluding hydrogens is 226 g/mol. The monoisotopic (exact) mass is 251 g/mol. The van der Waals surface area contributed by atoms with Crippen LogP contribution in [0.2, 0.25) is 0 Å². The first-order valence-corrected chi connectivity index (χ1v) is 6.75. The minimum absolute atomic E-state index is 0.447. The molecule has 0 aliphatic rings. The summed E-state index contributed by atoms with van der Waals surface area (Å²) < 4.78 is 5.60. The van der Waals surface area contributed by atoms with Crippen LogP contribution in [0.3, 0.4) is 0 Å². The largest absolute Gasteiger partial charge is 0.477 e. The Morgan fingerprint density at radius 3 is 2.67 bits per heavy atom. The lowest BCUT2D eigenvalue weighted by Gasteiger charge is -2.09. The Hall–Kier alpha value is -1.16. The van der Waals surface area contributed by atoms with E-state index in [2.05, 4.69) is 43.0 Å². The van der Waals surface area contributed by atoms with Crippen molar-refractivity contribution >= 4 is 0 Å². The van der Waals surface area contributed by atoms with E-state index in [1.54, 1.807) is 12.4 Å². The van der Waals surface area contributed by atoms with Crippen LogP contribution in [-0.4, -0.2) is 22.6 Å². The quantitative estimate of drug-likeness (QED) is 0.722. The van der Waals surface area contributed by atoms with E-state index >= 15 is 0 Å². The number of rotatable bonds is 8. The third-order valence-corrected chi connectivity index (χ3v) is 2.53. The molecule has 0 saturated heterocycles. The third-order valence-electron chi connectivity index (χ3n) is 2.53. The smallest absolute Gasteiger partial charge is 0.232 e. The molecule has 0 spiro atoms. The Morgan fingerprint density at radius 2 is 2.00 bits per heavy atom. The van der Waals surface area contributed by atoms with Crippen molar-refractivity contribution in [2.45, 2.75) is 53.1 Å². The Morgan fingerprint density at radius 1 is 1.22 bits per heavy atom. The van der Waals surface area contributed by atoms with Gasteiger partial charge in [-0.2, -0.15) is 0 Å². The van der Waals surface area contributed by atoms with Gasteiger partial charge in [0.1, 0.15) is 0 Å². The van der Waals surface area contributed by atoms with Crippen LogP contribution in [0.1, 0.15) is 46.2 Å². The molecule has 0 unspecified atom stereocenters. The first kappa shape index (κ1) is 14.9. The second-order valence-electron chi connectivity index (χ2n) is 5.27. The van der Waals surface area contributed by atoms with Gasteiger partial charge in [-0.3, -0.25) is 4.98 Å². The number of ether oxygens (including phenoxy) is 1. The van der Waals surface area contributed by atoms with Crippen LogP contribution < -0.4 is 10.1 Å². The second kappa shape index (κ2) is 8.03. The fraction of sp³-hybridized carbons (Fsp3) is 0.714. The molecule has 1 heterocycles. The lowest BCUT2D eigenvalue weighted by atomic mass is 10.1. The van der Waals surface area contributed by atoms with Crippen LogP contribution in [0.4, 0.5) is 0 Å². The molecule has 1 aromatic rings. The molecule has 4 nitrogen and oxygen atoms in total. The zero-order chi connectivity index (χ0) is 13.4. The molecule has 0 atom stereocenters. The molecule has 0 amide bonds. The fourth-order valence-corrected chi connectivity index (χ4v) is 1.52. The first-order valence-electron chi connectivity index (χ1n) is 6.75. The van der Waals surface area contributed by atoms with E-state index in [1.165, 1.54) is 6.42 Å². The fourth-order valence-electron chi connectivity index (χ4n) is 1.52. The molecule has 0 aliphatic carbocycles. The SMILES string of the molecule is CC(C)CCCOc1cncc(CNC(C)C)n1. The summed E-state index contributed by atoms with van der Waals surface area (Å²) in [5, 5.41) is 3.31. The standard InChI is InChI=1S/C14H25N3O/c1-11(2)6-5-7-18-14-10-15-8-13(17-14)9-16-12(3)4/h8,10-12,16H,5-7,9H2,1-4H3. The van der Waals surface area contributed by atoms with Crippen molar-refractivity contribution in [2.24, 2.45) is 5.92 Å². The van der Waals surface area contributed by atoms with Crippen molar-refractivity contribution in [2.75, 3.05) is 6.61 Å². The van der Waals surface area contributed by atoms with Crippen LogP contribution in [0.25, 0.3) is 0 Å². The number of nitrogens with one attached hydrogen (secondary N) is 1. The molecule has 1 rings (SSSR count). The highest BCUT2D eigenvalue weighted by Gasteiger charge is 2.01. The van der Waals surface area contributed by atoms with E-state index in [-0.39, 0.29) is 0 Å². The number of hydrogen-bond acceptors (Lipinski definition) is 4. The molecule has 0 aromatic carbocycles. The molecule has 0 bridgehead atoms. The van der Waals surface area contributed by atoms with E-state index in [4.69, 9.17) is 4.74 Å². The Labute approximate surface area is 110 Å². The van der Waals surface area contributed by atoms with Gasteiger partial charge >= 0.3 is 0 Å². The molecule has 4 heteroatoms. The highest BCUT2D eigenvalue weighted by molar-refractivity contribution is 5.08. The van der Waals surface area contributed by atoms with Crippen molar-refractivity contribution in [3.63, 3.8) is 0 Å². The zero-order valence-electron chi connectivity index (χ0n) is 11.9. The molecule has 0 fully saturated rings. The molecule has 102 valence electrons. The van der Waals surface area contributed by atoms with Crippen molar-refractivity contribution in [3.8, 4) is 5.88 Å². The summed E-state index contributed by atoms with van der Waals surface area (Å²) in [6.07, 6.45) is 5.69. The summed E-state index contributed by atoms with van der Waals surface area (Å²) >= 11 is 0. The van der Waals surface area contributed by atoms with Crippen molar-refractivity contribution in [3.05, 3.63) is 18.1 Å². The van der Waals surface area contributed by atoms with E-state index in [1.807, 2.05) is 0 Å². The van der Waals surface area contributed by atoms with Gasteiger partial charge in [-0.15, -0.1) is 0 Å². The third kappa shape index (κ3) is 6.55. The van der Waals surface area contributed by atoms with Crippen LogP contribution in [0.15, 0.2) is 12.4 Å². The van der Waals surface area contributed by atoms with Crippen molar-refractivity contribution in [1.82, 2.24) is 15.3 Å². The van der Waals surface area contributed by atoms with Gasteiger partial charge in [0.15, 0.2) is 0 Å². The molecule has 0 aliphatic heterocycles. The first-order chi connectivity index (χ1) is 8.58. The topological polar surface area (TPSA) is 47.0 Å². The number of aromatic nitrogens is 2. The van der Waals surface area contributed by atoms with E-state index in [0.717, 1.165) is 24.6 Å². The molecule has 0 radical (unpaired) electrons. The summed E-state index contributed by atoms with van der Waals surface area (Å²) in [5.41, 5.74) is 0.921. The minimum atomic E-state index is 0.447. The Bertz CT molecular complexity index is 340. The summed E-state index contributed by atoms with van der Waals surface area (Å²) in [6, 6.07) is 0.447. The Balaban J connectivity index is 2.34. The predicted molar refractivity (Wildman–Crippen MR) is 73.6 cm³/mol. The van der Waals surface area contributed by atoms with Gasteiger partial charge in [0.2, 0.25) is 5.88 Å². The molecule has 1 N–H and O–H groups in total. The maximum Gasteiger partial charge on any atom is 0.232 e. The molecule has 18 heavy (non-hydrogen) atoms. The lowest BCUT2D eigenvalue weighted by Crippen LogP contribution is -2.22. The van der Waals surface area contributed by atoms with Gasteiger partial charge in [-0.1, -0.05) is 27.7 Å². The van der Waals surface area contributed by atoms with Gasteiger partial charge in [0.05, 0.1) is 18.5 Å². The van der Waals surface area contributed by atoms with Gasteiger partial charge in [0, 0.05) is 18.8 Å². The van der Waals surface area contributed by atoms with Gasteiger partial charge in [-0.25, -0.2) is 4.98 Å². The van der Waals surface area contributed by atoms with Crippen molar-refractivity contribution < 1.29 is 4.74 Å². The van der Waals surface area contributed by atoms with Crippen molar-refractivity contribution in [1.29, 1.82) is 0 Å². The summed E-state index contributed by atoms with van der Waals surface area (Å²) in [7, 11) is 0. The normalized spacial score (nSPS) is 11.2. The minimum Gasteiger partial charge on any atom is -0.477 e. The second-order valence-corrected chi connectivity index (χ2v) is 5.27.